The Labute approximate surface area is 151 Å². The Morgan fingerprint density at radius 3 is 2.12 bits per heavy atom. The topological polar surface area (TPSA) is 89.9 Å². The highest BCUT2D eigenvalue weighted by Crippen LogP contribution is 2.34. The van der Waals surface area contributed by atoms with Crippen LogP contribution in [0.1, 0.15) is 29.7 Å². The lowest BCUT2D eigenvalue weighted by atomic mass is 9.95. The van der Waals surface area contributed by atoms with E-state index in [2.05, 4.69) is 5.18 Å². The first-order chi connectivity index (χ1) is 12.3. The first kappa shape index (κ1) is 18.0. The number of carbonyl (C=O) groups is 1. The number of benzene rings is 2. The van der Waals surface area contributed by atoms with Gasteiger partial charge < -0.3 is 4.74 Å². The van der Waals surface area contributed by atoms with E-state index in [1.165, 1.54) is 12.1 Å². The zero-order chi connectivity index (χ0) is 18.9. The minimum Gasteiger partial charge on any atom is -0.457 e. The van der Waals surface area contributed by atoms with Crippen molar-refractivity contribution in [2.75, 3.05) is 12.9 Å². The molecule has 1 aliphatic heterocycles. The van der Waals surface area contributed by atoms with Gasteiger partial charge in [0.2, 0.25) is 0 Å². The number of ether oxygens (including phenoxy) is 1. The lowest BCUT2D eigenvalue weighted by Gasteiger charge is -2.08. The highest BCUT2D eigenvalue weighted by molar-refractivity contribution is 7.90. The number of hydrogen-bond donors (Lipinski definition) is 0. The second-order valence-corrected chi connectivity index (χ2v) is 8.15. The molecule has 0 amide bonds. The molecule has 3 rings (SSSR count). The van der Waals surface area contributed by atoms with Crippen LogP contribution in [0.4, 0.5) is 0 Å². The third-order valence-corrected chi connectivity index (χ3v) is 5.45. The molecule has 2 aromatic rings. The van der Waals surface area contributed by atoms with E-state index in [1.54, 1.807) is 43.3 Å². The van der Waals surface area contributed by atoms with Crippen LogP contribution in [0.15, 0.2) is 58.6 Å². The summed E-state index contributed by atoms with van der Waals surface area (Å²) in [5, 5.41) is 2.99. The number of carbonyl (C=O) groups excluding carboxylic acids is 1. The molecule has 0 spiro atoms. The average Bonchev–Trinajstić information content (AvgIpc) is 3.02. The number of rotatable bonds is 5. The molecule has 1 heterocycles. The molecule has 0 saturated carbocycles. The van der Waals surface area contributed by atoms with Gasteiger partial charge in [-0.05, 0) is 35.7 Å². The van der Waals surface area contributed by atoms with Gasteiger partial charge in [0.1, 0.15) is 12.6 Å². The van der Waals surface area contributed by atoms with E-state index in [0.29, 0.717) is 16.7 Å². The van der Waals surface area contributed by atoms with E-state index < -0.39 is 21.8 Å². The third kappa shape index (κ3) is 3.43. The molecule has 0 N–H and O–H groups in total. The molecule has 7 heteroatoms. The number of cyclic esters (lactones) is 1. The monoisotopic (exact) mass is 371 g/mol. The summed E-state index contributed by atoms with van der Waals surface area (Å²) in [6.07, 6.45) is 1.14. The van der Waals surface area contributed by atoms with Crippen LogP contribution in [0, 0.1) is 4.91 Å². The standard InChI is InChI=1S/C19H17NO5S/c1-12(20-22)13-3-5-15(6-4-13)18-17(11-25-19(18)21)14-7-9-16(10-8-14)26(2,23)24/h3-10,12H,11H2,1-2H3. The second-order valence-electron chi connectivity index (χ2n) is 6.13. The first-order valence-electron chi connectivity index (χ1n) is 7.95. The van der Waals surface area contributed by atoms with Gasteiger partial charge in [0.05, 0.1) is 10.5 Å². The summed E-state index contributed by atoms with van der Waals surface area (Å²) in [6, 6.07) is 12.9. The van der Waals surface area contributed by atoms with Crippen molar-refractivity contribution in [3.8, 4) is 0 Å². The molecule has 0 radical (unpaired) electrons. The summed E-state index contributed by atoms with van der Waals surface area (Å²) in [6.45, 7) is 1.82. The molecule has 134 valence electrons. The number of sulfone groups is 1. The van der Waals surface area contributed by atoms with Crippen LogP contribution in [0.2, 0.25) is 0 Å². The van der Waals surface area contributed by atoms with E-state index in [9.17, 15) is 18.1 Å². The highest BCUT2D eigenvalue weighted by atomic mass is 32.2. The van der Waals surface area contributed by atoms with Gasteiger partial charge in [0.25, 0.3) is 0 Å². The van der Waals surface area contributed by atoms with Crippen molar-refractivity contribution in [1.82, 2.24) is 0 Å². The van der Waals surface area contributed by atoms with Crippen LogP contribution in [-0.2, 0) is 19.4 Å². The second kappa shape index (κ2) is 6.84. The summed E-state index contributed by atoms with van der Waals surface area (Å²) in [7, 11) is -3.28. The van der Waals surface area contributed by atoms with Gasteiger partial charge in [0, 0.05) is 11.8 Å². The van der Waals surface area contributed by atoms with Gasteiger partial charge >= 0.3 is 5.97 Å². The molecule has 1 unspecified atom stereocenters. The van der Waals surface area contributed by atoms with E-state index in [1.807, 2.05) is 0 Å². The van der Waals surface area contributed by atoms with E-state index >= 15 is 0 Å². The summed E-state index contributed by atoms with van der Waals surface area (Å²) < 4.78 is 28.4. The molecular formula is C19H17NO5S. The van der Waals surface area contributed by atoms with Crippen molar-refractivity contribution in [1.29, 1.82) is 0 Å². The van der Waals surface area contributed by atoms with Crippen LogP contribution >= 0.6 is 0 Å². The largest absolute Gasteiger partial charge is 0.457 e. The summed E-state index contributed by atoms with van der Waals surface area (Å²) in [4.78, 5) is 23.1. The fourth-order valence-electron chi connectivity index (χ4n) is 2.82. The van der Waals surface area contributed by atoms with Crippen molar-refractivity contribution in [2.45, 2.75) is 17.9 Å². The quantitative estimate of drug-likeness (QED) is 0.594. The Bertz CT molecular complexity index is 989. The third-order valence-electron chi connectivity index (χ3n) is 4.32. The maximum Gasteiger partial charge on any atom is 0.339 e. The van der Waals surface area contributed by atoms with Crippen LogP contribution in [0.3, 0.4) is 0 Å². The molecule has 1 aliphatic rings. The number of nitroso groups, excluding NO2 is 1. The molecule has 26 heavy (non-hydrogen) atoms. The lowest BCUT2D eigenvalue weighted by molar-refractivity contribution is -0.133. The maximum atomic E-state index is 12.2. The van der Waals surface area contributed by atoms with Gasteiger partial charge in [-0.25, -0.2) is 13.2 Å². The highest BCUT2D eigenvalue weighted by Gasteiger charge is 2.27. The summed E-state index contributed by atoms with van der Waals surface area (Å²) >= 11 is 0. The Morgan fingerprint density at radius 1 is 1.00 bits per heavy atom. The molecule has 1 atom stereocenters. The van der Waals surface area contributed by atoms with Crippen molar-refractivity contribution >= 4 is 27.0 Å². The SMILES string of the molecule is CC(N=O)c1ccc(C2=C(c3ccc(S(C)(=O)=O)cc3)COC2=O)cc1. The van der Waals surface area contributed by atoms with Gasteiger partial charge in [0.15, 0.2) is 9.84 Å². The zero-order valence-corrected chi connectivity index (χ0v) is 15.1. The maximum absolute atomic E-state index is 12.2. The summed E-state index contributed by atoms with van der Waals surface area (Å²) in [5.41, 5.74) is 3.30. The average molecular weight is 371 g/mol. The molecule has 2 aromatic carbocycles. The fourth-order valence-corrected chi connectivity index (χ4v) is 3.45. The van der Waals surface area contributed by atoms with Crippen molar-refractivity contribution in [3.05, 3.63) is 70.1 Å². The van der Waals surface area contributed by atoms with Crippen molar-refractivity contribution in [2.24, 2.45) is 5.18 Å². The zero-order valence-electron chi connectivity index (χ0n) is 14.3. The predicted octanol–water partition coefficient (Wildman–Crippen LogP) is 3.39. The molecule has 0 fully saturated rings. The van der Waals surface area contributed by atoms with E-state index in [-0.39, 0.29) is 11.5 Å². The molecule has 0 saturated heterocycles. The van der Waals surface area contributed by atoms with Crippen LogP contribution in [0.5, 0.6) is 0 Å². The molecule has 0 aliphatic carbocycles. The van der Waals surface area contributed by atoms with E-state index in [0.717, 1.165) is 17.4 Å². The van der Waals surface area contributed by atoms with Gasteiger partial charge in [-0.3, -0.25) is 0 Å². The normalized spacial score (nSPS) is 15.7. The molecule has 0 bridgehead atoms. The minimum atomic E-state index is -3.28. The smallest absolute Gasteiger partial charge is 0.339 e. The summed E-state index contributed by atoms with van der Waals surface area (Å²) in [5.74, 6) is -0.429. The van der Waals surface area contributed by atoms with Gasteiger partial charge in [-0.1, -0.05) is 41.6 Å². The van der Waals surface area contributed by atoms with Crippen LogP contribution in [-0.4, -0.2) is 27.2 Å². The lowest BCUT2D eigenvalue weighted by Crippen LogP contribution is -1.99. The van der Waals surface area contributed by atoms with Crippen LogP contribution < -0.4 is 0 Å². The Hall–Kier alpha value is -2.80. The predicted molar refractivity (Wildman–Crippen MR) is 98.0 cm³/mol. The number of nitrogens with zero attached hydrogens (tertiary/aromatic N) is 1. The Morgan fingerprint density at radius 2 is 1.58 bits per heavy atom. The number of hydrogen-bond acceptors (Lipinski definition) is 6. The molecular weight excluding hydrogens is 354 g/mol. The Balaban J connectivity index is 2.03. The van der Waals surface area contributed by atoms with Crippen LogP contribution in [0.25, 0.3) is 11.1 Å². The number of esters is 1. The Kier molecular flexibility index (Phi) is 4.73. The molecule has 0 aromatic heterocycles. The van der Waals surface area contributed by atoms with Crippen molar-refractivity contribution in [3.63, 3.8) is 0 Å². The minimum absolute atomic E-state index is 0.125. The van der Waals surface area contributed by atoms with Gasteiger partial charge in [-0.2, -0.15) is 4.91 Å². The van der Waals surface area contributed by atoms with E-state index in [4.69, 9.17) is 4.74 Å². The fraction of sp³-hybridized carbons (Fsp3) is 0.211. The first-order valence-corrected chi connectivity index (χ1v) is 9.84. The molecule has 6 nitrogen and oxygen atoms in total. The van der Waals surface area contributed by atoms with Crippen molar-refractivity contribution < 1.29 is 17.9 Å². The van der Waals surface area contributed by atoms with Gasteiger partial charge in [-0.15, -0.1) is 0 Å².